The highest BCUT2D eigenvalue weighted by molar-refractivity contribution is 14.1. The van der Waals surface area contributed by atoms with Gasteiger partial charge >= 0.3 is 0 Å². The molecular weight excluding hydrogens is 377 g/mol. The highest BCUT2D eigenvalue weighted by Crippen LogP contribution is 2.49. The van der Waals surface area contributed by atoms with Crippen molar-refractivity contribution in [3.05, 3.63) is 45.6 Å². The van der Waals surface area contributed by atoms with Crippen molar-refractivity contribution < 1.29 is 9.59 Å². The molecule has 108 valence electrons. The molecule has 0 spiro atoms. The molecule has 0 aromatic heterocycles. The largest absolute Gasteiger partial charge is 0.278 e. The van der Waals surface area contributed by atoms with Crippen molar-refractivity contribution >= 4 is 34.4 Å². The van der Waals surface area contributed by atoms with E-state index < -0.39 is 0 Å². The number of rotatable bonds is 2. The zero-order valence-corrected chi connectivity index (χ0v) is 13.7. The van der Waals surface area contributed by atoms with Gasteiger partial charge in [-0.05, 0) is 65.0 Å². The molecule has 2 bridgehead atoms. The smallest absolute Gasteiger partial charge is 0.234 e. The molecule has 1 aromatic carbocycles. The molecule has 0 radical (unpaired) electrons. The minimum atomic E-state index is -0.0925. The summed E-state index contributed by atoms with van der Waals surface area (Å²) in [6, 6.07) is 8.02. The lowest BCUT2D eigenvalue weighted by atomic mass is 9.63. The molecule has 0 N–H and O–H groups in total. The highest BCUT2D eigenvalue weighted by Gasteiger charge is 2.56. The summed E-state index contributed by atoms with van der Waals surface area (Å²) in [4.78, 5) is 26.9. The van der Waals surface area contributed by atoms with Gasteiger partial charge in [0.1, 0.15) is 0 Å². The van der Waals surface area contributed by atoms with Crippen LogP contribution in [-0.2, 0) is 16.1 Å². The fourth-order valence-corrected chi connectivity index (χ4v) is 4.42. The van der Waals surface area contributed by atoms with Crippen LogP contribution in [0.25, 0.3) is 0 Å². The topological polar surface area (TPSA) is 37.4 Å². The molecule has 2 fully saturated rings. The van der Waals surface area contributed by atoms with E-state index in [-0.39, 0.29) is 35.5 Å². The Labute approximate surface area is 137 Å². The molecule has 4 heteroatoms. The Balaban J connectivity index is 1.61. The predicted molar refractivity (Wildman–Crippen MR) is 87.1 cm³/mol. The second-order valence-electron chi connectivity index (χ2n) is 6.23. The maximum absolute atomic E-state index is 12.7. The Morgan fingerprint density at radius 3 is 1.95 bits per heavy atom. The monoisotopic (exact) mass is 393 g/mol. The van der Waals surface area contributed by atoms with Gasteiger partial charge in [-0.15, -0.1) is 0 Å². The van der Waals surface area contributed by atoms with Crippen LogP contribution in [0.4, 0.5) is 0 Å². The third-order valence-corrected chi connectivity index (χ3v) is 5.82. The van der Waals surface area contributed by atoms with E-state index >= 15 is 0 Å². The van der Waals surface area contributed by atoms with Gasteiger partial charge in [-0.3, -0.25) is 14.5 Å². The highest BCUT2D eigenvalue weighted by atomic mass is 127. The van der Waals surface area contributed by atoms with Crippen LogP contribution in [0, 0.1) is 27.2 Å². The molecule has 1 aromatic rings. The molecular formula is C17H16INO2. The summed E-state index contributed by atoms with van der Waals surface area (Å²) in [6.07, 6.45) is 6.43. The van der Waals surface area contributed by atoms with E-state index in [1.165, 1.54) is 4.90 Å². The minimum Gasteiger partial charge on any atom is -0.278 e. The number of allylic oxidation sites excluding steroid dienone is 2. The quantitative estimate of drug-likeness (QED) is 0.440. The van der Waals surface area contributed by atoms with Gasteiger partial charge in [0.25, 0.3) is 0 Å². The van der Waals surface area contributed by atoms with Crippen LogP contribution in [0.3, 0.4) is 0 Å². The summed E-state index contributed by atoms with van der Waals surface area (Å²) in [5.74, 6) is 0.455. The van der Waals surface area contributed by atoms with Crippen molar-refractivity contribution in [2.24, 2.45) is 23.7 Å². The first-order valence-corrected chi connectivity index (χ1v) is 8.51. The number of fused-ring (bicyclic) bond motifs is 1. The van der Waals surface area contributed by atoms with E-state index in [0.717, 1.165) is 22.0 Å². The first-order chi connectivity index (χ1) is 10.1. The zero-order chi connectivity index (χ0) is 14.6. The molecule has 0 unspecified atom stereocenters. The molecule has 1 saturated heterocycles. The molecule has 1 aliphatic heterocycles. The van der Waals surface area contributed by atoms with Crippen LogP contribution < -0.4 is 0 Å². The van der Waals surface area contributed by atoms with Crippen molar-refractivity contribution in [2.45, 2.75) is 19.4 Å². The lowest BCUT2D eigenvalue weighted by Gasteiger charge is -2.38. The van der Waals surface area contributed by atoms with Crippen molar-refractivity contribution in [2.75, 3.05) is 0 Å². The molecule has 21 heavy (non-hydrogen) atoms. The number of likely N-dealkylation sites (tertiary alicyclic amines) is 1. The standard InChI is InChI=1S/C17H16INO2/c18-13-7-1-10(2-8-13)9-19-16(20)14-11-3-4-12(6-5-11)15(14)17(19)21/h1-4,7-8,11-12,14-15H,5-6,9H2/t11-,12+,14-,15-/m0/s1. The molecule has 1 heterocycles. The Morgan fingerprint density at radius 2 is 1.48 bits per heavy atom. The number of benzene rings is 1. The van der Waals surface area contributed by atoms with Crippen molar-refractivity contribution in [3.8, 4) is 0 Å². The first-order valence-electron chi connectivity index (χ1n) is 7.43. The van der Waals surface area contributed by atoms with Crippen molar-refractivity contribution in [1.82, 2.24) is 4.90 Å². The van der Waals surface area contributed by atoms with Crippen LogP contribution in [0.2, 0.25) is 0 Å². The van der Waals surface area contributed by atoms with Crippen LogP contribution in [0.5, 0.6) is 0 Å². The number of amides is 2. The molecule has 3 aliphatic carbocycles. The summed E-state index contributed by atoms with van der Waals surface area (Å²) in [7, 11) is 0. The van der Waals surface area contributed by atoms with Gasteiger partial charge < -0.3 is 0 Å². The lowest BCUT2D eigenvalue weighted by molar-refractivity contribution is -0.140. The number of imide groups is 1. The Kier molecular flexibility index (Phi) is 3.17. The SMILES string of the molecule is O=C1[C@@H]2[C@@H](C(=O)N1Cc1ccc(I)cc1)[C@H]1C=C[C@@H]2CC1. The average molecular weight is 393 g/mol. The second kappa shape index (κ2) is 4.93. The summed E-state index contributed by atoms with van der Waals surface area (Å²) in [5.41, 5.74) is 1.02. The van der Waals surface area contributed by atoms with Crippen LogP contribution >= 0.6 is 22.6 Å². The van der Waals surface area contributed by atoms with Crippen LogP contribution in [0.1, 0.15) is 18.4 Å². The van der Waals surface area contributed by atoms with Crippen molar-refractivity contribution in [1.29, 1.82) is 0 Å². The fraction of sp³-hybridized carbons (Fsp3) is 0.412. The summed E-state index contributed by atoms with van der Waals surface area (Å²) in [5, 5.41) is 0. The summed E-state index contributed by atoms with van der Waals surface area (Å²) < 4.78 is 1.16. The van der Waals surface area contributed by atoms with Gasteiger partial charge in [0.2, 0.25) is 11.8 Å². The van der Waals surface area contributed by atoms with E-state index in [2.05, 4.69) is 34.7 Å². The van der Waals surface area contributed by atoms with E-state index in [4.69, 9.17) is 0 Å². The molecule has 4 atom stereocenters. The first kappa shape index (κ1) is 13.5. The Hall–Kier alpha value is -1.17. The van der Waals surface area contributed by atoms with Gasteiger partial charge in [-0.1, -0.05) is 24.3 Å². The minimum absolute atomic E-state index is 0.0441. The van der Waals surface area contributed by atoms with Gasteiger partial charge in [0.05, 0.1) is 18.4 Å². The molecule has 2 amide bonds. The number of carbonyl (C=O) groups excluding carboxylic acids is 2. The molecule has 3 nitrogen and oxygen atoms in total. The van der Waals surface area contributed by atoms with E-state index in [1.54, 1.807) is 0 Å². The fourth-order valence-electron chi connectivity index (χ4n) is 4.06. The Morgan fingerprint density at radius 1 is 0.952 bits per heavy atom. The van der Waals surface area contributed by atoms with E-state index in [1.807, 2.05) is 24.3 Å². The average Bonchev–Trinajstić information content (AvgIpc) is 2.78. The number of nitrogens with zero attached hydrogens (tertiary/aromatic N) is 1. The number of carbonyl (C=O) groups is 2. The van der Waals surface area contributed by atoms with E-state index in [0.29, 0.717) is 6.54 Å². The summed E-state index contributed by atoms with van der Waals surface area (Å²) >= 11 is 2.25. The lowest BCUT2D eigenvalue weighted by Crippen LogP contribution is -2.38. The van der Waals surface area contributed by atoms with Crippen molar-refractivity contribution in [3.63, 3.8) is 0 Å². The van der Waals surface area contributed by atoms with E-state index in [9.17, 15) is 9.59 Å². The predicted octanol–water partition coefficient (Wildman–Crippen LogP) is 2.99. The van der Waals surface area contributed by atoms with Gasteiger partial charge in [-0.2, -0.15) is 0 Å². The number of halogens is 1. The Bertz CT molecular complexity index is 605. The van der Waals surface area contributed by atoms with Crippen LogP contribution in [-0.4, -0.2) is 16.7 Å². The maximum Gasteiger partial charge on any atom is 0.234 e. The third-order valence-electron chi connectivity index (χ3n) is 5.10. The van der Waals surface area contributed by atoms with Gasteiger partial charge in [0, 0.05) is 3.57 Å². The van der Waals surface area contributed by atoms with Gasteiger partial charge in [-0.25, -0.2) is 0 Å². The molecule has 1 saturated carbocycles. The molecule has 4 aliphatic rings. The number of hydrogen-bond donors (Lipinski definition) is 0. The van der Waals surface area contributed by atoms with Gasteiger partial charge in [0.15, 0.2) is 0 Å². The normalized spacial score (nSPS) is 33.7. The second-order valence-corrected chi connectivity index (χ2v) is 7.48. The summed E-state index contributed by atoms with van der Waals surface area (Å²) in [6.45, 7) is 0.418. The third kappa shape index (κ3) is 2.06. The molecule has 5 rings (SSSR count). The zero-order valence-electron chi connectivity index (χ0n) is 11.5. The van der Waals surface area contributed by atoms with Crippen LogP contribution in [0.15, 0.2) is 36.4 Å². The maximum atomic E-state index is 12.7. The number of hydrogen-bond acceptors (Lipinski definition) is 2.